The van der Waals surface area contributed by atoms with Gasteiger partial charge >= 0.3 is 0 Å². The van der Waals surface area contributed by atoms with Gasteiger partial charge in [0.05, 0.1) is 0 Å². The minimum absolute atomic E-state index is 0.709. The highest BCUT2D eigenvalue weighted by atomic mass is 35.5. The molecule has 1 aliphatic carbocycles. The van der Waals surface area contributed by atoms with Crippen molar-refractivity contribution in [3.05, 3.63) is 34.9 Å². The summed E-state index contributed by atoms with van der Waals surface area (Å²) in [4.78, 5) is 0. The molecule has 1 aromatic carbocycles. The van der Waals surface area contributed by atoms with Crippen molar-refractivity contribution in [1.29, 1.82) is 0 Å². The first kappa shape index (κ1) is 11.0. The maximum atomic E-state index is 5.85. The van der Waals surface area contributed by atoms with Crippen LogP contribution < -0.4 is 5.32 Å². The summed E-state index contributed by atoms with van der Waals surface area (Å²) in [5.74, 6) is 0.933. The number of rotatable bonds is 5. The SMILES string of the molecule is CNC(CCc1ccc(Cl)cc1)C1CC1. The molecule has 0 heterocycles. The van der Waals surface area contributed by atoms with Crippen LogP contribution in [0.3, 0.4) is 0 Å². The molecular formula is C13H18ClN. The summed E-state index contributed by atoms with van der Waals surface area (Å²) < 4.78 is 0. The zero-order valence-corrected chi connectivity index (χ0v) is 9.93. The van der Waals surface area contributed by atoms with Crippen molar-refractivity contribution in [2.45, 2.75) is 31.7 Å². The molecule has 1 saturated carbocycles. The highest BCUT2D eigenvalue weighted by Crippen LogP contribution is 2.34. The average Bonchev–Trinajstić information content (AvgIpc) is 3.06. The molecule has 2 rings (SSSR count). The van der Waals surface area contributed by atoms with Gasteiger partial charge in [0.15, 0.2) is 0 Å². The van der Waals surface area contributed by atoms with Gasteiger partial charge in [0.25, 0.3) is 0 Å². The van der Waals surface area contributed by atoms with Crippen LogP contribution in [-0.4, -0.2) is 13.1 Å². The molecule has 1 unspecified atom stereocenters. The summed E-state index contributed by atoms with van der Waals surface area (Å²) in [5, 5.41) is 4.24. The van der Waals surface area contributed by atoms with E-state index in [1.54, 1.807) is 0 Å². The van der Waals surface area contributed by atoms with E-state index in [2.05, 4.69) is 24.5 Å². The van der Waals surface area contributed by atoms with Crippen molar-refractivity contribution >= 4 is 11.6 Å². The minimum Gasteiger partial charge on any atom is -0.317 e. The van der Waals surface area contributed by atoms with Crippen LogP contribution in [0.4, 0.5) is 0 Å². The van der Waals surface area contributed by atoms with Gasteiger partial charge in [-0.2, -0.15) is 0 Å². The van der Waals surface area contributed by atoms with Gasteiger partial charge in [-0.3, -0.25) is 0 Å². The molecule has 0 amide bonds. The van der Waals surface area contributed by atoms with Gasteiger partial charge in [0.2, 0.25) is 0 Å². The summed E-state index contributed by atoms with van der Waals surface area (Å²) in [6.07, 6.45) is 5.21. The molecule has 0 aliphatic heterocycles. The highest BCUT2D eigenvalue weighted by molar-refractivity contribution is 6.30. The third kappa shape index (κ3) is 3.22. The maximum Gasteiger partial charge on any atom is 0.0406 e. The lowest BCUT2D eigenvalue weighted by molar-refractivity contribution is 0.470. The smallest absolute Gasteiger partial charge is 0.0406 e. The van der Waals surface area contributed by atoms with Crippen LogP contribution in [0, 0.1) is 5.92 Å². The Morgan fingerprint density at radius 2 is 2.00 bits per heavy atom. The maximum absolute atomic E-state index is 5.85. The van der Waals surface area contributed by atoms with E-state index in [-0.39, 0.29) is 0 Å². The van der Waals surface area contributed by atoms with E-state index >= 15 is 0 Å². The Morgan fingerprint density at radius 1 is 1.33 bits per heavy atom. The van der Waals surface area contributed by atoms with Gasteiger partial charge in [-0.05, 0) is 56.3 Å². The molecule has 1 fully saturated rings. The zero-order chi connectivity index (χ0) is 10.7. The molecule has 82 valence electrons. The van der Waals surface area contributed by atoms with Crippen molar-refractivity contribution in [3.63, 3.8) is 0 Å². The average molecular weight is 224 g/mol. The van der Waals surface area contributed by atoms with Gasteiger partial charge in [0, 0.05) is 11.1 Å². The van der Waals surface area contributed by atoms with Crippen molar-refractivity contribution in [1.82, 2.24) is 5.32 Å². The zero-order valence-electron chi connectivity index (χ0n) is 9.17. The number of hydrogen-bond acceptors (Lipinski definition) is 1. The second-order valence-electron chi connectivity index (χ2n) is 4.40. The molecule has 1 N–H and O–H groups in total. The summed E-state index contributed by atoms with van der Waals surface area (Å²) >= 11 is 5.85. The molecule has 0 saturated heterocycles. The molecule has 0 aromatic heterocycles. The van der Waals surface area contributed by atoms with Gasteiger partial charge in [-0.25, -0.2) is 0 Å². The first-order valence-electron chi connectivity index (χ1n) is 5.71. The van der Waals surface area contributed by atoms with Crippen LogP contribution in [0.25, 0.3) is 0 Å². The van der Waals surface area contributed by atoms with E-state index in [0.29, 0.717) is 6.04 Å². The van der Waals surface area contributed by atoms with Crippen LogP contribution >= 0.6 is 11.6 Å². The van der Waals surface area contributed by atoms with Gasteiger partial charge in [0.1, 0.15) is 0 Å². The van der Waals surface area contributed by atoms with Crippen molar-refractivity contribution in [2.75, 3.05) is 7.05 Å². The summed E-state index contributed by atoms with van der Waals surface area (Å²) in [6.45, 7) is 0. The van der Waals surface area contributed by atoms with E-state index < -0.39 is 0 Å². The first-order valence-corrected chi connectivity index (χ1v) is 6.09. The Labute approximate surface area is 96.8 Å². The minimum atomic E-state index is 0.709. The summed E-state index contributed by atoms with van der Waals surface area (Å²) in [7, 11) is 2.07. The monoisotopic (exact) mass is 223 g/mol. The van der Waals surface area contributed by atoms with Crippen LogP contribution in [0.2, 0.25) is 5.02 Å². The predicted octanol–water partition coefficient (Wildman–Crippen LogP) is 3.27. The van der Waals surface area contributed by atoms with Crippen LogP contribution in [0.5, 0.6) is 0 Å². The second kappa shape index (κ2) is 5.00. The van der Waals surface area contributed by atoms with E-state index in [1.807, 2.05) is 12.1 Å². The van der Waals surface area contributed by atoms with E-state index in [4.69, 9.17) is 11.6 Å². The van der Waals surface area contributed by atoms with E-state index in [9.17, 15) is 0 Å². The molecule has 1 atom stereocenters. The fourth-order valence-electron chi connectivity index (χ4n) is 2.09. The number of benzene rings is 1. The molecule has 0 spiro atoms. The van der Waals surface area contributed by atoms with Crippen molar-refractivity contribution in [3.8, 4) is 0 Å². The fraction of sp³-hybridized carbons (Fsp3) is 0.538. The lowest BCUT2D eigenvalue weighted by atomic mass is 10.0. The quantitative estimate of drug-likeness (QED) is 0.808. The molecule has 0 bridgehead atoms. The number of halogens is 1. The topological polar surface area (TPSA) is 12.0 Å². The fourth-order valence-corrected chi connectivity index (χ4v) is 2.21. The Hall–Kier alpha value is -0.530. The lowest BCUT2D eigenvalue weighted by Crippen LogP contribution is -2.27. The number of nitrogens with one attached hydrogen (secondary N) is 1. The van der Waals surface area contributed by atoms with Gasteiger partial charge in [-0.15, -0.1) is 0 Å². The number of hydrogen-bond donors (Lipinski definition) is 1. The Morgan fingerprint density at radius 3 is 2.53 bits per heavy atom. The second-order valence-corrected chi connectivity index (χ2v) is 4.83. The third-order valence-corrected chi connectivity index (χ3v) is 3.47. The molecule has 2 heteroatoms. The molecule has 1 aliphatic rings. The van der Waals surface area contributed by atoms with Gasteiger partial charge in [-0.1, -0.05) is 23.7 Å². The molecule has 0 radical (unpaired) electrons. The van der Waals surface area contributed by atoms with Crippen LogP contribution in [0.1, 0.15) is 24.8 Å². The van der Waals surface area contributed by atoms with E-state index in [0.717, 1.165) is 17.4 Å². The summed E-state index contributed by atoms with van der Waals surface area (Å²) in [5.41, 5.74) is 1.39. The normalized spacial score (nSPS) is 17.7. The number of aryl methyl sites for hydroxylation is 1. The molecule has 1 aromatic rings. The third-order valence-electron chi connectivity index (χ3n) is 3.22. The van der Waals surface area contributed by atoms with Crippen LogP contribution in [0.15, 0.2) is 24.3 Å². The van der Waals surface area contributed by atoms with Gasteiger partial charge < -0.3 is 5.32 Å². The van der Waals surface area contributed by atoms with Crippen molar-refractivity contribution < 1.29 is 0 Å². The van der Waals surface area contributed by atoms with Crippen molar-refractivity contribution in [2.24, 2.45) is 5.92 Å². The lowest BCUT2D eigenvalue weighted by Gasteiger charge is -2.14. The Balaban J connectivity index is 1.83. The predicted molar refractivity (Wildman–Crippen MR) is 65.3 cm³/mol. The Bertz CT molecular complexity index is 303. The largest absolute Gasteiger partial charge is 0.317 e. The van der Waals surface area contributed by atoms with Crippen LogP contribution in [-0.2, 0) is 6.42 Å². The molecule has 15 heavy (non-hydrogen) atoms. The first-order chi connectivity index (χ1) is 7.29. The summed E-state index contributed by atoms with van der Waals surface area (Å²) in [6, 6.07) is 8.91. The molecular weight excluding hydrogens is 206 g/mol. The highest BCUT2D eigenvalue weighted by Gasteiger charge is 2.29. The van der Waals surface area contributed by atoms with E-state index in [1.165, 1.54) is 24.8 Å². The Kier molecular flexibility index (Phi) is 3.66. The standard InChI is InChI=1S/C13H18ClN/c1-15-13(11-5-6-11)9-4-10-2-7-12(14)8-3-10/h2-3,7-8,11,13,15H,4-6,9H2,1H3. The molecule has 1 nitrogen and oxygen atoms in total.